The average Bonchev–Trinajstić information content (AvgIpc) is 2.87. The monoisotopic (exact) mass is 288 g/mol. The maximum atomic E-state index is 13.1. The van der Waals surface area contributed by atoms with Gasteiger partial charge < -0.3 is 15.0 Å². The molecule has 1 unspecified atom stereocenters. The first-order valence-corrected chi connectivity index (χ1v) is 6.58. The predicted octanol–water partition coefficient (Wildman–Crippen LogP) is 2.65. The molecule has 3 nitrogen and oxygen atoms in total. The predicted molar refractivity (Wildman–Crippen MR) is 71.8 cm³/mol. The van der Waals surface area contributed by atoms with Gasteiger partial charge in [0.1, 0.15) is 0 Å². The van der Waals surface area contributed by atoms with E-state index in [4.69, 9.17) is 4.74 Å². The second-order valence-electron chi connectivity index (χ2n) is 4.96. The van der Waals surface area contributed by atoms with E-state index in [1.54, 1.807) is 26.3 Å². The molecule has 1 heterocycles. The molecule has 112 valence electrons. The lowest BCUT2D eigenvalue weighted by atomic mass is 10.1. The van der Waals surface area contributed by atoms with E-state index in [1.165, 1.54) is 6.07 Å². The van der Waals surface area contributed by atoms with Crippen LogP contribution in [-0.4, -0.2) is 33.4 Å². The third kappa shape index (κ3) is 3.24. The van der Waals surface area contributed by atoms with E-state index >= 15 is 0 Å². The van der Waals surface area contributed by atoms with Crippen LogP contribution in [0.2, 0.25) is 0 Å². The number of ether oxygens (including phenoxy) is 1. The molecule has 20 heavy (non-hydrogen) atoms. The fourth-order valence-corrected chi connectivity index (χ4v) is 2.52. The number of hydrogen-bond donors (Lipinski definition) is 1. The Kier molecular flexibility index (Phi) is 4.55. The van der Waals surface area contributed by atoms with Gasteiger partial charge >= 0.3 is 6.18 Å². The molecule has 6 heteroatoms. The highest BCUT2D eigenvalue weighted by Crippen LogP contribution is 2.35. The van der Waals surface area contributed by atoms with E-state index in [0.29, 0.717) is 12.2 Å². The van der Waals surface area contributed by atoms with Crippen molar-refractivity contribution in [3.05, 3.63) is 29.3 Å². The molecule has 1 aliphatic rings. The first-order valence-electron chi connectivity index (χ1n) is 6.58. The number of benzene rings is 1. The highest BCUT2D eigenvalue weighted by Gasteiger charge is 2.34. The Balaban J connectivity index is 2.28. The molecule has 0 bridgehead atoms. The second-order valence-corrected chi connectivity index (χ2v) is 4.96. The van der Waals surface area contributed by atoms with E-state index in [-0.39, 0.29) is 18.2 Å². The zero-order chi connectivity index (χ0) is 14.8. The molecule has 1 N–H and O–H groups in total. The Morgan fingerprint density at radius 1 is 1.40 bits per heavy atom. The van der Waals surface area contributed by atoms with Crippen molar-refractivity contribution in [3.8, 4) is 0 Å². The van der Waals surface area contributed by atoms with Crippen molar-refractivity contribution < 1.29 is 17.9 Å². The normalized spacial score (nSPS) is 19.6. The zero-order valence-corrected chi connectivity index (χ0v) is 11.6. The molecule has 1 saturated heterocycles. The van der Waals surface area contributed by atoms with E-state index in [0.717, 1.165) is 13.0 Å². The van der Waals surface area contributed by atoms with Gasteiger partial charge in [-0.1, -0.05) is 6.07 Å². The van der Waals surface area contributed by atoms with Gasteiger partial charge in [0.05, 0.1) is 11.7 Å². The number of nitrogens with one attached hydrogen (secondary N) is 1. The van der Waals surface area contributed by atoms with Crippen molar-refractivity contribution in [2.75, 3.05) is 32.1 Å². The summed E-state index contributed by atoms with van der Waals surface area (Å²) in [5.74, 6) is 0. The van der Waals surface area contributed by atoms with Gasteiger partial charge in [0.15, 0.2) is 0 Å². The van der Waals surface area contributed by atoms with Gasteiger partial charge in [-0.3, -0.25) is 0 Å². The molecule has 1 fully saturated rings. The van der Waals surface area contributed by atoms with Crippen LogP contribution in [0.15, 0.2) is 18.2 Å². The van der Waals surface area contributed by atoms with Crippen LogP contribution >= 0.6 is 0 Å². The summed E-state index contributed by atoms with van der Waals surface area (Å²) in [6.07, 6.45) is -3.39. The van der Waals surface area contributed by atoms with Gasteiger partial charge in [-0.25, -0.2) is 0 Å². The number of halogens is 3. The number of nitrogens with zero attached hydrogens (tertiary/aromatic N) is 1. The third-order valence-corrected chi connectivity index (χ3v) is 3.61. The van der Waals surface area contributed by atoms with E-state index < -0.39 is 11.7 Å². The van der Waals surface area contributed by atoms with Crippen molar-refractivity contribution in [1.82, 2.24) is 5.32 Å². The molecule has 1 aliphatic heterocycles. The van der Waals surface area contributed by atoms with Crippen molar-refractivity contribution in [2.24, 2.45) is 0 Å². The topological polar surface area (TPSA) is 24.5 Å². The summed E-state index contributed by atoms with van der Waals surface area (Å²) in [6.45, 7) is 1.57. The van der Waals surface area contributed by atoms with Crippen molar-refractivity contribution in [1.29, 1.82) is 0 Å². The lowest BCUT2D eigenvalue weighted by Gasteiger charge is -2.21. The second kappa shape index (κ2) is 6.01. The van der Waals surface area contributed by atoms with Crippen LogP contribution in [0.5, 0.6) is 0 Å². The van der Waals surface area contributed by atoms with Crippen LogP contribution < -0.4 is 10.2 Å². The first kappa shape index (κ1) is 15.1. The Hall–Kier alpha value is -1.27. The molecule has 1 aromatic carbocycles. The summed E-state index contributed by atoms with van der Waals surface area (Å²) in [5.41, 5.74) is 0.313. The summed E-state index contributed by atoms with van der Waals surface area (Å²) in [7, 11) is 3.27. The van der Waals surface area contributed by atoms with Gasteiger partial charge in [0.25, 0.3) is 0 Å². The van der Waals surface area contributed by atoms with Crippen LogP contribution in [0.3, 0.4) is 0 Å². The molecule has 0 amide bonds. The van der Waals surface area contributed by atoms with Crippen LogP contribution in [-0.2, 0) is 17.5 Å². The zero-order valence-electron chi connectivity index (χ0n) is 11.6. The molecule has 0 spiro atoms. The minimum atomic E-state index is -4.33. The van der Waals surface area contributed by atoms with Gasteiger partial charge in [0, 0.05) is 32.4 Å². The summed E-state index contributed by atoms with van der Waals surface area (Å²) < 4.78 is 44.6. The third-order valence-electron chi connectivity index (χ3n) is 3.61. The minimum absolute atomic E-state index is 0.0984. The van der Waals surface area contributed by atoms with Crippen LogP contribution in [0.25, 0.3) is 0 Å². The molecule has 1 atom stereocenters. The molecule has 2 rings (SSSR count). The summed E-state index contributed by atoms with van der Waals surface area (Å²) >= 11 is 0. The molecule has 0 aliphatic carbocycles. The molecular weight excluding hydrogens is 269 g/mol. The van der Waals surface area contributed by atoms with E-state index in [1.807, 2.05) is 4.90 Å². The largest absolute Gasteiger partial charge is 0.416 e. The maximum absolute atomic E-state index is 13.1. The Labute approximate surface area is 116 Å². The van der Waals surface area contributed by atoms with Crippen molar-refractivity contribution in [3.63, 3.8) is 0 Å². The number of anilines is 1. The summed E-state index contributed by atoms with van der Waals surface area (Å²) in [4.78, 5) is 1.94. The highest BCUT2D eigenvalue weighted by molar-refractivity contribution is 5.52. The quantitative estimate of drug-likeness (QED) is 0.922. The molecule has 0 radical (unpaired) electrons. The van der Waals surface area contributed by atoms with Gasteiger partial charge in [0.2, 0.25) is 0 Å². The number of hydrogen-bond acceptors (Lipinski definition) is 3. The Morgan fingerprint density at radius 2 is 2.15 bits per heavy atom. The van der Waals surface area contributed by atoms with Crippen molar-refractivity contribution >= 4 is 5.69 Å². The molecule has 0 aromatic heterocycles. The Bertz CT molecular complexity index is 462. The molecule has 1 aromatic rings. The van der Waals surface area contributed by atoms with Crippen molar-refractivity contribution in [2.45, 2.75) is 25.2 Å². The SMILES string of the molecule is CNCc1ccc(N2CCC(OC)C2)cc1C(F)(F)F. The van der Waals surface area contributed by atoms with E-state index in [2.05, 4.69) is 5.32 Å². The smallest absolute Gasteiger partial charge is 0.380 e. The number of methoxy groups -OCH3 is 1. The maximum Gasteiger partial charge on any atom is 0.416 e. The fraction of sp³-hybridized carbons (Fsp3) is 0.571. The summed E-state index contributed by atoms with van der Waals surface area (Å²) in [5, 5.41) is 2.77. The first-order chi connectivity index (χ1) is 9.45. The van der Waals surface area contributed by atoms with Crippen LogP contribution in [0.1, 0.15) is 17.5 Å². The number of alkyl halides is 3. The lowest BCUT2D eigenvalue weighted by Crippen LogP contribution is -2.23. The molecular formula is C14H19F3N2O. The van der Waals surface area contributed by atoms with Gasteiger partial charge in [-0.05, 0) is 31.2 Å². The summed E-state index contributed by atoms with van der Waals surface area (Å²) in [6, 6.07) is 4.54. The average molecular weight is 288 g/mol. The molecule has 0 saturated carbocycles. The fourth-order valence-electron chi connectivity index (χ4n) is 2.52. The standard InChI is InChI=1S/C14H19F3N2O/c1-18-8-10-3-4-11(7-13(10)14(15,16)17)19-6-5-12(9-19)20-2/h3-4,7,12,18H,5-6,8-9H2,1-2H3. The number of rotatable bonds is 4. The van der Waals surface area contributed by atoms with Crippen LogP contribution in [0.4, 0.5) is 18.9 Å². The Morgan fingerprint density at radius 3 is 2.70 bits per heavy atom. The van der Waals surface area contributed by atoms with Gasteiger partial charge in [-0.2, -0.15) is 13.2 Å². The van der Waals surface area contributed by atoms with E-state index in [9.17, 15) is 13.2 Å². The van der Waals surface area contributed by atoms with Gasteiger partial charge in [-0.15, -0.1) is 0 Å². The highest BCUT2D eigenvalue weighted by atomic mass is 19.4. The minimum Gasteiger partial charge on any atom is -0.380 e. The van der Waals surface area contributed by atoms with Crippen LogP contribution in [0, 0.1) is 0 Å². The lowest BCUT2D eigenvalue weighted by molar-refractivity contribution is -0.138.